The second-order valence-corrected chi connectivity index (χ2v) is 8.90. The van der Waals surface area contributed by atoms with E-state index in [1.807, 2.05) is 22.4 Å². The highest BCUT2D eigenvalue weighted by Crippen LogP contribution is 2.31. The first-order valence-electron chi connectivity index (χ1n) is 9.26. The van der Waals surface area contributed by atoms with E-state index < -0.39 is 0 Å². The van der Waals surface area contributed by atoms with Crippen LogP contribution < -0.4 is 9.80 Å². The molecule has 0 radical (unpaired) electrons. The van der Waals surface area contributed by atoms with Gasteiger partial charge in [0.15, 0.2) is 5.13 Å². The minimum atomic E-state index is 0.0464. The van der Waals surface area contributed by atoms with Crippen LogP contribution in [0.5, 0.6) is 0 Å². The predicted octanol–water partition coefficient (Wildman–Crippen LogP) is 2.54. The minimum Gasteiger partial charge on any atom is -0.370 e. The van der Waals surface area contributed by atoms with Gasteiger partial charge in [0.05, 0.1) is 41.4 Å². The second-order valence-electron chi connectivity index (χ2n) is 6.95. The van der Waals surface area contributed by atoms with Crippen LogP contribution in [0.3, 0.4) is 0 Å². The van der Waals surface area contributed by atoms with Crippen molar-refractivity contribution in [3.63, 3.8) is 0 Å². The van der Waals surface area contributed by atoms with Gasteiger partial charge in [0.2, 0.25) is 0 Å². The monoisotopic (exact) mass is 402 g/mol. The van der Waals surface area contributed by atoms with Crippen molar-refractivity contribution in [3.8, 4) is 0 Å². The number of fused-ring (bicyclic) bond motifs is 1. The number of nitrogens with one attached hydrogen (secondary N) is 1. The van der Waals surface area contributed by atoms with Crippen molar-refractivity contribution < 1.29 is 14.4 Å². The molecule has 2 aromatic heterocycles. The molecule has 5 nitrogen and oxygen atoms in total. The third kappa shape index (κ3) is 4.06. The number of hydrogen-bond donors (Lipinski definition) is 1. The molecule has 3 heterocycles. The first kappa shape index (κ1) is 18.6. The number of benzene rings is 1. The number of carbonyl (C=O) groups excluding carboxylic acids is 1. The summed E-state index contributed by atoms with van der Waals surface area (Å²) in [6.45, 7) is 9.40. The van der Waals surface area contributed by atoms with Gasteiger partial charge in [0.25, 0.3) is 5.91 Å². The Hall–Kier alpha value is -1.80. The number of aromatic nitrogens is 1. The number of nitrogens with zero attached hydrogens (tertiary/aromatic N) is 2. The molecule has 1 N–H and O–H groups in total. The molecule has 0 unspecified atom stereocenters. The van der Waals surface area contributed by atoms with Crippen molar-refractivity contribution in [1.29, 1.82) is 0 Å². The van der Waals surface area contributed by atoms with Gasteiger partial charge in [-0.1, -0.05) is 17.4 Å². The van der Waals surface area contributed by atoms with E-state index in [-0.39, 0.29) is 5.91 Å². The van der Waals surface area contributed by atoms with Crippen LogP contribution in [-0.4, -0.2) is 50.3 Å². The highest BCUT2D eigenvalue weighted by atomic mass is 32.1. The van der Waals surface area contributed by atoms with E-state index in [0.29, 0.717) is 6.54 Å². The van der Waals surface area contributed by atoms with Crippen LogP contribution in [0, 0.1) is 13.8 Å². The fraction of sp³-hybridized carbons (Fsp3) is 0.400. The summed E-state index contributed by atoms with van der Waals surface area (Å²) in [6.07, 6.45) is 0. The predicted molar refractivity (Wildman–Crippen MR) is 111 cm³/mol. The Kier molecular flexibility index (Phi) is 5.54. The third-order valence-corrected chi connectivity index (χ3v) is 6.99. The number of amides is 1. The molecule has 0 atom stereocenters. The van der Waals surface area contributed by atoms with Crippen LogP contribution in [0.15, 0.2) is 29.6 Å². The molecule has 27 heavy (non-hydrogen) atoms. The smallest absolute Gasteiger partial charge is 0.270 e. The largest absolute Gasteiger partial charge is 0.370 e. The zero-order chi connectivity index (χ0) is 18.8. The number of thiazole rings is 1. The molecule has 1 aromatic carbocycles. The van der Waals surface area contributed by atoms with Gasteiger partial charge >= 0.3 is 0 Å². The molecule has 0 saturated carbocycles. The summed E-state index contributed by atoms with van der Waals surface area (Å²) in [4.78, 5) is 22.1. The Morgan fingerprint density at radius 2 is 2.04 bits per heavy atom. The van der Waals surface area contributed by atoms with Crippen LogP contribution in [0.1, 0.15) is 20.8 Å². The normalized spacial score (nSPS) is 15.3. The molecule has 4 rings (SSSR count). The summed E-state index contributed by atoms with van der Waals surface area (Å²) in [5.41, 5.74) is 3.46. The first-order chi connectivity index (χ1) is 13.1. The highest BCUT2D eigenvalue weighted by molar-refractivity contribution is 7.22. The lowest BCUT2D eigenvalue weighted by Gasteiger charge is -2.26. The van der Waals surface area contributed by atoms with E-state index >= 15 is 0 Å². The molecule has 1 saturated heterocycles. The van der Waals surface area contributed by atoms with Crippen LogP contribution in [0.2, 0.25) is 0 Å². The van der Waals surface area contributed by atoms with Crippen molar-refractivity contribution in [1.82, 2.24) is 4.98 Å². The molecule has 1 aliphatic rings. The standard InChI is InChI=1S/C20H23N3O2S2/c1-14-12-16-18(13-15(14)2)27-20(21-16)23(19(24)17-4-3-11-26-17)6-5-22-7-9-25-10-8-22/h3-4,11-13H,5-10H2,1-2H3/p+1. The molecule has 0 aliphatic carbocycles. The van der Waals surface area contributed by atoms with E-state index in [4.69, 9.17) is 9.72 Å². The van der Waals surface area contributed by atoms with Gasteiger partial charge in [0, 0.05) is 0 Å². The van der Waals surface area contributed by atoms with Gasteiger partial charge in [0.1, 0.15) is 13.1 Å². The van der Waals surface area contributed by atoms with Crippen molar-refractivity contribution in [3.05, 3.63) is 45.6 Å². The Balaban J connectivity index is 1.63. The Morgan fingerprint density at radius 1 is 1.26 bits per heavy atom. The number of thiophene rings is 1. The van der Waals surface area contributed by atoms with Crippen LogP contribution in [0.25, 0.3) is 10.2 Å². The number of carbonyl (C=O) groups is 1. The van der Waals surface area contributed by atoms with Gasteiger partial charge in [-0.3, -0.25) is 9.69 Å². The van der Waals surface area contributed by atoms with Crippen molar-refractivity contribution in [2.75, 3.05) is 44.3 Å². The van der Waals surface area contributed by atoms with E-state index in [1.165, 1.54) is 27.4 Å². The Labute approximate surface area is 167 Å². The van der Waals surface area contributed by atoms with Crippen LogP contribution in [0.4, 0.5) is 5.13 Å². The van der Waals surface area contributed by atoms with Gasteiger partial charge in [-0.05, 0) is 48.6 Å². The summed E-state index contributed by atoms with van der Waals surface area (Å²) in [7, 11) is 0. The summed E-state index contributed by atoms with van der Waals surface area (Å²) in [5.74, 6) is 0.0464. The lowest BCUT2D eigenvalue weighted by atomic mass is 10.1. The van der Waals surface area contributed by atoms with E-state index in [9.17, 15) is 4.79 Å². The second kappa shape index (κ2) is 8.06. The fourth-order valence-corrected chi connectivity index (χ4v) is 5.02. The SMILES string of the molecule is Cc1cc2nc(N(CC[NH+]3CCOCC3)C(=O)c3cccs3)sc2cc1C. The number of ether oxygens (including phenoxy) is 1. The van der Waals surface area contributed by atoms with Gasteiger partial charge in [-0.25, -0.2) is 4.98 Å². The molecule has 1 amide bonds. The van der Waals surface area contributed by atoms with Crippen LogP contribution >= 0.6 is 22.7 Å². The Morgan fingerprint density at radius 3 is 2.78 bits per heavy atom. The lowest BCUT2D eigenvalue weighted by molar-refractivity contribution is -0.906. The van der Waals surface area contributed by atoms with Crippen molar-refractivity contribution >= 4 is 43.9 Å². The lowest BCUT2D eigenvalue weighted by Crippen LogP contribution is -3.14. The molecule has 7 heteroatoms. The number of morpholine rings is 1. The van der Waals surface area contributed by atoms with Crippen molar-refractivity contribution in [2.45, 2.75) is 13.8 Å². The molecular formula is C20H24N3O2S2+. The topological polar surface area (TPSA) is 46.9 Å². The maximum absolute atomic E-state index is 13.2. The van der Waals surface area contributed by atoms with Gasteiger partial charge in [-0.2, -0.15) is 0 Å². The third-order valence-electron chi connectivity index (χ3n) is 5.09. The summed E-state index contributed by atoms with van der Waals surface area (Å²) in [6, 6.07) is 8.11. The Bertz CT molecular complexity index is 891. The summed E-state index contributed by atoms with van der Waals surface area (Å²) >= 11 is 3.09. The number of rotatable bonds is 5. The molecule has 142 valence electrons. The summed E-state index contributed by atoms with van der Waals surface area (Å²) in [5, 5.41) is 2.74. The molecule has 1 aliphatic heterocycles. The number of hydrogen-bond acceptors (Lipinski definition) is 5. The molecule has 0 bridgehead atoms. The quantitative estimate of drug-likeness (QED) is 0.713. The molecule has 1 fully saturated rings. The zero-order valence-corrected chi connectivity index (χ0v) is 17.3. The average molecular weight is 403 g/mol. The molecule has 0 spiro atoms. The average Bonchev–Trinajstić information content (AvgIpc) is 3.33. The maximum atomic E-state index is 13.2. The zero-order valence-electron chi connectivity index (χ0n) is 15.7. The van der Waals surface area contributed by atoms with E-state index in [2.05, 4.69) is 26.0 Å². The maximum Gasteiger partial charge on any atom is 0.270 e. The summed E-state index contributed by atoms with van der Waals surface area (Å²) < 4.78 is 6.58. The van der Waals surface area contributed by atoms with Crippen LogP contribution in [-0.2, 0) is 4.74 Å². The highest BCUT2D eigenvalue weighted by Gasteiger charge is 2.24. The minimum absolute atomic E-state index is 0.0464. The first-order valence-corrected chi connectivity index (χ1v) is 11.0. The van der Waals surface area contributed by atoms with Crippen molar-refractivity contribution in [2.24, 2.45) is 0 Å². The molecular weight excluding hydrogens is 378 g/mol. The molecule has 3 aromatic rings. The fourth-order valence-electron chi connectivity index (χ4n) is 3.28. The number of aryl methyl sites for hydroxylation is 2. The van der Waals surface area contributed by atoms with Gasteiger partial charge in [-0.15, -0.1) is 11.3 Å². The van der Waals surface area contributed by atoms with Gasteiger partial charge < -0.3 is 9.64 Å². The van der Waals surface area contributed by atoms with E-state index in [0.717, 1.165) is 53.1 Å². The number of quaternary nitrogens is 1. The number of anilines is 1. The van der Waals surface area contributed by atoms with E-state index in [1.54, 1.807) is 11.3 Å².